The van der Waals surface area contributed by atoms with Gasteiger partial charge in [-0.25, -0.2) is 0 Å². The third kappa shape index (κ3) is 4.24. The van der Waals surface area contributed by atoms with Crippen molar-refractivity contribution in [1.29, 1.82) is 0 Å². The van der Waals surface area contributed by atoms with E-state index in [0.29, 0.717) is 24.1 Å². The molecule has 1 aromatic rings. The van der Waals surface area contributed by atoms with Gasteiger partial charge in [-0.2, -0.15) is 0 Å². The molecule has 3 unspecified atom stereocenters. The van der Waals surface area contributed by atoms with Crippen LogP contribution in [0.4, 0.5) is 5.00 Å². The average Bonchev–Trinajstić information content (AvgIpc) is 3.31. The highest BCUT2D eigenvalue weighted by molar-refractivity contribution is 14.0. The zero-order chi connectivity index (χ0) is 18.1. The van der Waals surface area contributed by atoms with Crippen LogP contribution in [0.25, 0.3) is 0 Å². The summed E-state index contributed by atoms with van der Waals surface area (Å²) in [5, 5.41) is 11.0. The molecule has 2 N–H and O–H groups in total. The molecular weight excluding hydrogens is 471 g/mol. The number of nitrogens with zero attached hydrogens (tertiary/aromatic N) is 2. The maximum Gasteiger partial charge on any atom is 0.191 e. The van der Waals surface area contributed by atoms with Crippen molar-refractivity contribution in [3.8, 4) is 0 Å². The van der Waals surface area contributed by atoms with Gasteiger partial charge in [0.05, 0.1) is 11.1 Å². The first-order valence-electron chi connectivity index (χ1n) is 10.1. The van der Waals surface area contributed by atoms with Crippen LogP contribution in [0, 0.1) is 11.3 Å². The maximum atomic E-state index is 5.93. The summed E-state index contributed by atoms with van der Waals surface area (Å²) >= 11 is 1.84. The number of nitrogens with one attached hydrogen (secondary N) is 2. The third-order valence-electron chi connectivity index (χ3n) is 6.36. The minimum Gasteiger partial charge on any atom is -0.377 e. The smallest absolute Gasteiger partial charge is 0.191 e. The highest BCUT2D eigenvalue weighted by Gasteiger charge is 2.59. The van der Waals surface area contributed by atoms with E-state index < -0.39 is 0 Å². The minimum absolute atomic E-state index is 0. The number of rotatable bonds is 4. The average molecular weight is 504 g/mol. The van der Waals surface area contributed by atoms with E-state index in [9.17, 15) is 0 Å². The van der Waals surface area contributed by atoms with Gasteiger partial charge in [-0.1, -0.05) is 13.8 Å². The van der Waals surface area contributed by atoms with E-state index in [1.54, 1.807) is 0 Å². The monoisotopic (exact) mass is 504 g/mol. The molecular formula is C20H33IN4OS. The summed E-state index contributed by atoms with van der Waals surface area (Å²) in [4.78, 5) is 7.23. The van der Waals surface area contributed by atoms with Crippen molar-refractivity contribution in [2.45, 2.75) is 58.2 Å². The summed E-state index contributed by atoms with van der Waals surface area (Å²) in [6.07, 6.45) is 3.90. The standard InChI is InChI=1S/C20H32N4OS.HI/c1-4-21-19(23-17-15-9-12-25-18(15)20(17,2)3)22-14-7-10-24(11-8-14)16-6-5-13-26-16;/h5-6,13-15,17-18H,4,7-12H2,1-3H3,(H2,21,22,23);1H. The predicted octanol–water partition coefficient (Wildman–Crippen LogP) is 3.70. The number of guanidine groups is 1. The molecule has 3 aliphatic rings. The lowest BCUT2D eigenvalue weighted by molar-refractivity contribution is -0.106. The van der Waals surface area contributed by atoms with Crippen LogP contribution in [0.3, 0.4) is 0 Å². The highest BCUT2D eigenvalue weighted by atomic mass is 127. The van der Waals surface area contributed by atoms with Gasteiger partial charge in [-0.3, -0.25) is 4.99 Å². The summed E-state index contributed by atoms with van der Waals surface area (Å²) in [5.74, 6) is 1.63. The van der Waals surface area contributed by atoms with Crippen molar-refractivity contribution < 1.29 is 4.74 Å². The van der Waals surface area contributed by atoms with Gasteiger partial charge >= 0.3 is 0 Å². The van der Waals surface area contributed by atoms with Crippen LogP contribution in [-0.4, -0.2) is 50.4 Å². The Morgan fingerprint density at radius 3 is 2.74 bits per heavy atom. The van der Waals surface area contributed by atoms with Gasteiger partial charge in [0.2, 0.25) is 0 Å². The quantitative estimate of drug-likeness (QED) is 0.373. The number of piperidine rings is 1. The molecule has 7 heteroatoms. The molecule has 0 spiro atoms. The topological polar surface area (TPSA) is 48.9 Å². The van der Waals surface area contributed by atoms with Gasteiger partial charge in [-0.15, -0.1) is 35.3 Å². The van der Waals surface area contributed by atoms with Crippen molar-refractivity contribution in [3.05, 3.63) is 17.5 Å². The van der Waals surface area contributed by atoms with E-state index in [1.807, 2.05) is 11.3 Å². The number of fused-ring (bicyclic) bond motifs is 1. The van der Waals surface area contributed by atoms with Crippen LogP contribution in [0.1, 0.15) is 40.0 Å². The molecule has 2 saturated heterocycles. The molecule has 1 aliphatic carbocycles. The van der Waals surface area contributed by atoms with Crippen LogP contribution < -0.4 is 15.5 Å². The van der Waals surface area contributed by atoms with Crippen LogP contribution >= 0.6 is 35.3 Å². The van der Waals surface area contributed by atoms with E-state index in [0.717, 1.165) is 45.0 Å². The van der Waals surface area contributed by atoms with Gasteiger partial charge in [0.1, 0.15) is 0 Å². The van der Waals surface area contributed by atoms with Crippen molar-refractivity contribution in [2.24, 2.45) is 16.3 Å². The lowest BCUT2D eigenvalue weighted by Crippen LogP contribution is -2.68. The Labute approximate surface area is 184 Å². The second kappa shape index (κ2) is 8.86. The zero-order valence-corrected chi connectivity index (χ0v) is 19.8. The number of ether oxygens (including phenoxy) is 1. The number of anilines is 1. The van der Waals surface area contributed by atoms with Gasteiger partial charge in [0, 0.05) is 49.7 Å². The molecule has 0 amide bonds. The number of aliphatic imine (C=N–C) groups is 1. The molecule has 2 aliphatic heterocycles. The highest BCUT2D eigenvalue weighted by Crippen LogP contribution is 2.52. The number of hydrogen-bond donors (Lipinski definition) is 2. The predicted molar refractivity (Wildman–Crippen MR) is 125 cm³/mol. The first kappa shape index (κ1) is 21.2. The minimum atomic E-state index is 0. The first-order chi connectivity index (χ1) is 12.6. The zero-order valence-electron chi connectivity index (χ0n) is 16.6. The summed E-state index contributed by atoms with van der Waals surface area (Å²) < 4.78 is 5.93. The van der Waals surface area contributed by atoms with Gasteiger partial charge < -0.3 is 20.3 Å². The fourth-order valence-corrected chi connectivity index (χ4v) is 5.73. The van der Waals surface area contributed by atoms with Crippen molar-refractivity contribution >= 4 is 46.3 Å². The second-order valence-corrected chi connectivity index (χ2v) is 9.29. The largest absolute Gasteiger partial charge is 0.377 e. The summed E-state index contributed by atoms with van der Waals surface area (Å²) in [5.41, 5.74) is 0.180. The number of hydrogen-bond acceptors (Lipinski definition) is 4. The van der Waals surface area contributed by atoms with E-state index in [4.69, 9.17) is 9.73 Å². The molecule has 0 bridgehead atoms. The molecule has 0 radical (unpaired) electrons. The van der Waals surface area contributed by atoms with E-state index in [1.165, 1.54) is 11.4 Å². The SMILES string of the molecule is CCN=C(NC1CCN(c2cccs2)CC1)NC1C2CCOC2C1(C)C.I. The van der Waals surface area contributed by atoms with Crippen molar-refractivity contribution in [1.82, 2.24) is 10.6 Å². The molecule has 27 heavy (non-hydrogen) atoms. The number of halogens is 1. The first-order valence-corrected chi connectivity index (χ1v) is 10.9. The molecule has 3 fully saturated rings. The Kier molecular flexibility index (Phi) is 6.95. The maximum absolute atomic E-state index is 5.93. The third-order valence-corrected chi connectivity index (χ3v) is 7.29. The molecule has 0 aromatic carbocycles. The lowest BCUT2D eigenvalue weighted by atomic mass is 9.57. The van der Waals surface area contributed by atoms with Gasteiger partial charge in [0.25, 0.3) is 0 Å². The Bertz CT molecular complexity index is 628. The molecule has 3 heterocycles. The van der Waals surface area contributed by atoms with Gasteiger partial charge in [-0.05, 0) is 43.7 Å². The molecule has 3 atom stereocenters. The van der Waals surface area contributed by atoms with E-state index in [2.05, 4.69) is 53.8 Å². The summed E-state index contributed by atoms with van der Waals surface area (Å²) in [7, 11) is 0. The molecule has 152 valence electrons. The van der Waals surface area contributed by atoms with Crippen molar-refractivity contribution in [2.75, 3.05) is 31.1 Å². The molecule has 4 rings (SSSR count). The normalized spacial score (nSPS) is 30.3. The van der Waals surface area contributed by atoms with E-state index in [-0.39, 0.29) is 29.4 Å². The molecule has 5 nitrogen and oxygen atoms in total. The Hall–Kier alpha value is -0.540. The van der Waals surface area contributed by atoms with Crippen LogP contribution in [0.2, 0.25) is 0 Å². The molecule has 1 saturated carbocycles. The van der Waals surface area contributed by atoms with E-state index >= 15 is 0 Å². The lowest BCUT2D eigenvalue weighted by Gasteiger charge is -2.55. The summed E-state index contributed by atoms with van der Waals surface area (Å²) in [6.45, 7) is 10.7. The second-order valence-electron chi connectivity index (χ2n) is 8.37. The van der Waals surface area contributed by atoms with Crippen LogP contribution in [0.15, 0.2) is 22.5 Å². The fraction of sp³-hybridized carbons (Fsp3) is 0.750. The Morgan fingerprint density at radius 1 is 1.30 bits per heavy atom. The number of thiophene rings is 1. The van der Waals surface area contributed by atoms with Crippen molar-refractivity contribution in [3.63, 3.8) is 0 Å². The summed E-state index contributed by atoms with van der Waals surface area (Å²) in [6, 6.07) is 5.32. The van der Waals surface area contributed by atoms with Crippen LogP contribution in [-0.2, 0) is 4.74 Å². The Balaban J connectivity index is 0.00000210. The Morgan fingerprint density at radius 2 is 2.07 bits per heavy atom. The molecule has 1 aromatic heterocycles. The van der Waals surface area contributed by atoms with Crippen LogP contribution in [0.5, 0.6) is 0 Å². The fourth-order valence-electron chi connectivity index (χ4n) is 4.94. The van der Waals surface area contributed by atoms with Gasteiger partial charge in [0.15, 0.2) is 5.96 Å².